The zero-order chi connectivity index (χ0) is 15.1. The second kappa shape index (κ2) is 7.64. The average molecular weight is 285 g/mol. The van der Waals surface area contributed by atoms with Gasteiger partial charge >= 0.3 is 0 Å². The molecule has 0 amide bonds. The number of nitrogens with two attached hydrogens (primary N) is 1. The summed E-state index contributed by atoms with van der Waals surface area (Å²) < 4.78 is 5.75. The van der Waals surface area contributed by atoms with Gasteiger partial charge in [0.1, 0.15) is 11.6 Å². The van der Waals surface area contributed by atoms with Gasteiger partial charge in [0.25, 0.3) is 0 Å². The fourth-order valence-electron chi connectivity index (χ4n) is 2.45. The molecule has 4 heteroatoms. The van der Waals surface area contributed by atoms with Crippen molar-refractivity contribution in [3.63, 3.8) is 0 Å². The first-order valence-corrected chi connectivity index (χ1v) is 7.40. The van der Waals surface area contributed by atoms with E-state index >= 15 is 0 Å². The van der Waals surface area contributed by atoms with E-state index in [4.69, 9.17) is 10.5 Å². The Balaban J connectivity index is 2.26. The van der Waals surface area contributed by atoms with Crippen LogP contribution in [0.1, 0.15) is 31.0 Å². The summed E-state index contributed by atoms with van der Waals surface area (Å²) in [5.41, 5.74) is 8.11. The van der Waals surface area contributed by atoms with E-state index in [1.165, 1.54) is 11.1 Å². The zero-order valence-corrected chi connectivity index (χ0v) is 12.7. The quantitative estimate of drug-likeness (QED) is 0.821. The number of nitrogens with one attached hydrogen (secondary N) is 1. The Morgan fingerprint density at radius 1 is 1.24 bits per heavy atom. The SMILES string of the molecule is CCNC(Cc1ccnc(N)c1)c1ccccc1OCC. The molecule has 1 unspecified atom stereocenters. The van der Waals surface area contributed by atoms with Crippen LogP contribution in [0.15, 0.2) is 42.6 Å². The van der Waals surface area contributed by atoms with Crippen LogP contribution in [0.2, 0.25) is 0 Å². The first-order chi connectivity index (χ1) is 10.2. The molecule has 0 aliphatic rings. The largest absolute Gasteiger partial charge is 0.494 e. The zero-order valence-electron chi connectivity index (χ0n) is 12.7. The van der Waals surface area contributed by atoms with Crippen LogP contribution < -0.4 is 15.8 Å². The van der Waals surface area contributed by atoms with E-state index in [0.29, 0.717) is 12.4 Å². The molecule has 4 nitrogen and oxygen atoms in total. The summed E-state index contributed by atoms with van der Waals surface area (Å²) in [5, 5.41) is 3.52. The van der Waals surface area contributed by atoms with Crippen LogP contribution in [-0.4, -0.2) is 18.1 Å². The van der Waals surface area contributed by atoms with Crippen molar-refractivity contribution < 1.29 is 4.74 Å². The van der Waals surface area contributed by atoms with Crippen LogP contribution in [0.4, 0.5) is 5.82 Å². The van der Waals surface area contributed by atoms with Crippen molar-refractivity contribution in [3.8, 4) is 5.75 Å². The highest BCUT2D eigenvalue weighted by molar-refractivity contribution is 5.38. The van der Waals surface area contributed by atoms with Crippen molar-refractivity contribution in [1.29, 1.82) is 0 Å². The van der Waals surface area contributed by atoms with Gasteiger partial charge in [0.05, 0.1) is 6.61 Å². The van der Waals surface area contributed by atoms with Crippen LogP contribution in [0.5, 0.6) is 5.75 Å². The molecule has 0 aliphatic heterocycles. The summed E-state index contributed by atoms with van der Waals surface area (Å²) in [6.45, 7) is 5.67. The number of benzene rings is 1. The number of hydrogen-bond acceptors (Lipinski definition) is 4. The van der Waals surface area contributed by atoms with Gasteiger partial charge in [-0.25, -0.2) is 4.98 Å². The van der Waals surface area contributed by atoms with E-state index in [9.17, 15) is 0 Å². The standard InChI is InChI=1S/C17H23N3O/c1-3-19-15(11-13-9-10-20-17(18)12-13)14-7-5-6-8-16(14)21-4-2/h5-10,12,15,19H,3-4,11H2,1-2H3,(H2,18,20). The van der Waals surface area contributed by atoms with Gasteiger partial charge in [0.2, 0.25) is 0 Å². The fraction of sp³-hybridized carbons (Fsp3) is 0.353. The van der Waals surface area contributed by atoms with Crippen molar-refractivity contribution in [2.45, 2.75) is 26.3 Å². The Labute approximate surface area is 126 Å². The predicted octanol–water partition coefficient (Wildman–Crippen LogP) is 2.96. The van der Waals surface area contributed by atoms with Gasteiger partial charge in [0.15, 0.2) is 0 Å². The second-order valence-electron chi connectivity index (χ2n) is 4.87. The fourth-order valence-corrected chi connectivity index (χ4v) is 2.45. The average Bonchev–Trinajstić information content (AvgIpc) is 2.48. The number of nitrogens with zero attached hydrogens (tertiary/aromatic N) is 1. The van der Waals surface area contributed by atoms with E-state index < -0.39 is 0 Å². The van der Waals surface area contributed by atoms with Crippen molar-refractivity contribution in [3.05, 3.63) is 53.7 Å². The summed E-state index contributed by atoms with van der Waals surface area (Å²) in [6.07, 6.45) is 2.60. The van der Waals surface area contributed by atoms with Crippen molar-refractivity contribution in [2.75, 3.05) is 18.9 Å². The highest BCUT2D eigenvalue weighted by atomic mass is 16.5. The summed E-state index contributed by atoms with van der Waals surface area (Å²) in [7, 11) is 0. The Morgan fingerprint density at radius 2 is 2.05 bits per heavy atom. The molecule has 0 aliphatic carbocycles. The lowest BCUT2D eigenvalue weighted by Crippen LogP contribution is -2.23. The highest BCUT2D eigenvalue weighted by Crippen LogP contribution is 2.28. The molecule has 1 atom stereocenters. The van der Waals surface area contributed by atoms with Crippen LogP contribution in [0.25, 0.3) is 0 Å². The first-order valence-electron chi connectivity index (χ1n) is 7.40. The van der Waals surface area contributed by atoms with Gasteiger partial charge in [0, 0.05) is 17.8 Å². The minimum atomic E-state index is 0.194. The van der Waals surface area contributed by atoms with Gasteiger partial charge in [-0.3, -0.25) is 0 Å². The molecule has 21 heavy (non-hydrogen) atoms. The van der Waals surface area contributed by atoms with Gasteiger partial charge in [-0.2, -0.15) is 0 Å². The highest BCUT2D eigenvalue weighted by Gasteiger charge is 2.15. The molecule has 0 radical (unpaired) electrons. The Morgan fingerprint density at radius 3 is 2.76 bits per heavy atom. The van der Waals surface area contributed by atoms with Crippen LogP contribution in [0, 0.1) is 0 Å². The molecule has 0 saturated carbocycles. The number of nitrogen functional groups attached to an aromatic ring is 1. The Kier molecular flexibility index (Phi) is 5.58. The minimum absolute atomic E-state index is 0.194. The molecule has 0 spiro atoms. The molecule has 0 fully saturated rings. The number of rotatable bonds is 7. The number of para-hydroxylation sites is 1. The maximum Gasteiger partial charge on any atom is 0.124 e. The normalized spacial score (nSPS) is 12.1. The maximum atomic E-state index is 5.77. The number of hydrogen-bond donors (Lipinski definition) is 2. The molecule has 0 saturated heterocycles. The number of ether oxygens (including phenoxy) is 1. The summed E-state index contributed by atoms with van der Waals surface area (Å²) in [6, 6.07) is 12.3. The van der Waals surface area contributed by atoms with E-state index in [1.54, 1.807) is 6.20 Å². The second-order valence-corrected chi connectivity index (χ2v) is 4.87. The molecule has 2 rings (SSSR count). The van der Waals surface area contributed by atoms with Gasteiger partial charge < -0.3 is 15.8 Å². The number of anilines is 1. The van der Waals surface area contributed by atoms with Crippen LogP contribution in [0.3, 0.4) is 0 Å². The molecule has 1 aromatic carbocycles. The molecule has 0 bridgehead atoms. The Hall–Kier alpha value is -2.07. The van der Waals surface area contributed by atoms with E-state index in [0.717, 1.165) is 18.7 Å². The van der Waals surface area contributed by atoms with E-state index in [1.807, 2.05) is 37.3 Å². The lowest BCUT2D eigenvalue weighted by Gasteiger charge is -2.21. The van der Waals surface area contributed by atoms with Crippen molar-refractivity contribution in [1.82, 2.24) is 10.3 Å². The van der Waals surface area contributed by atoms with Crippen molar-refractivity contribution >= 4 is 5.82 Å². The van der Waals surface area contributed by atoms with Gasteiger partial charge in [-0.1, -0.05) is 25.1 Å². The maximum absolute atomic E-state index is 5.77. The van der Waals surface area contributed by atoms with Crippen LogP contribution in [-0.2, 0) is 6.42 Å². The minimum Gasteiger partial charge on any atom is -0.494 e. The molecule has 112 valence electrons. The first kappa shape index (κ1) is 15.3. The van der Waals surface area contributed by atoms with E-state index in [-0.39, 0.29) is 6.04 Å². The third-order valence-electron chi connectivity index (χ3n) is 3.33. The third-order valence-corrected chi connectivity index (χ3v) is 3.33. The Bertz CT molecular complexity index is 571. The summed E-state index contributed by atoms with van der Waals surface area (Å²) >= 11 is 0. The molecular weight excluding hydrogens is 262 g/mol. The summed E-state index contributed by atoms with van der Waals surface area (Å²) in [4.78, 5) is 4.05. The third kappa shape index (κ3) is 4.20. The van der Waals surface area contributed by atoms with E-state index in [2.05, 4.69) is 23.3 Å². The number of pyridine rings is 1. The molecule has 1 heterocycles. The smallest absolute Gasteiger partial charge is 0.124 e. The molecule has 3 N–H and O–H groups in total. The number of likely N-dealkylation sites (N-methyl/N-ethyl adjacent to an activating group) is 1. The molecular formula is C17H23N3O. The van der Waals surface area contributed by atoms with Gasteiger partial charge in [-0.05, 0) is 43.7 Å². The lowest BCUT2D eigenvalue weighted by atomic mass is 9.98. The van der Waals surface area contributed by atoms with Crippen LogP contribution >= 0.6 is 0 Å². The molecule has 2 aromatic rings. The topological polar surface area (TPSA) is 60.2 Å². The van der Waals surface area contributed by atoms with Gasteiger partial charge in [-0.15, -0.1) is 0 Å². The lowest BCUT2D eigenvalue weighted by molar-refractivity contribution is 0.331. The monoisotopic (exact) mass is 285 g/mol. The predicted molar refractivity (Wildman–Crippen MR) is 86.4 cm³/mol. The molecule has 1 aromatic heterocycles. The number of aromatic nitrogens is 1. The van der Waals surface area contributed by atoms with Crippen molar-refractivity contribution in [2.24, 2.45) is 0 Å². The summed E-state index contributed by atoms with van der Waals surface area (Å²) in [5.74, 6) is 1.49.